The van der Waals surface area contributed by atoms with Crippen molar-refractivity contribution in [2.75, 3.05) is 13.7 Å². The van der Waals surface area contributed by atoms with Gasteiger partial charge in [0.1, 0.15) is 5.75 Å². The molecule has 0 heterocycles. The van der Waals surface area contributed by atoms with E-state index >= 15 is 0 Å². The summed E-state index contributed by atoms with van der Waals surface area (Å²) >= 11 is 0. The number of aliphatic carboxylic acids is 1. The van der Waals surface area contributed by atoms with Gasteiger partial charge in [-0.1, -0.05) is 17.7 Å². The van der Waals surface area contributed by atoms with Crippen LogP contribution < -0.4 is 4.74 Å². The molecular formula is C17H27NO3. The first kappa shape index (κ1) is 17.5. The summed E-state index contributed by atoms with van der Waals surface area (Å²) in [7, 11) is 1.69. The minimum absolute atomic E-state index is 0.189. The lowest BCUT2D eigenvalue weighted by Gasteiger charge is -2.33. The van der Waals surface area contributed by atoms with Gasteiger partial charge < -0.3 is 9.84 Å². The minimum atomic E-state index is -0.737. The number of carboxylic acid groups (broad SMARTS) is 1. The Morgan fingerprint density at radius 3 is 2.52 bits per heavy atom. The molecule has 0 aliphatic heterocycles. The average molecular weight is 293 g/mol. The van der Waals surface area contributed by atoms with Crippen LogP contribution in [0, 0.1) is 6.92 Å². The molecule has 4 nitrogen and oxygen atoms in total. The summed E-state index contributed by atoms with van der Waals surface area (Å²) in [6.45, 7) is 9.26. The lowest BCUT2D eigenvalue weighted by molar-refractivity contribution is -0.137. The van der Waals surface area contributed by atoms with Gasteiger partial charge in [0.05, 0.1) is 7.11 Å². The van der Waals surface area contributed by atoms with E-state index in [0.717, 1.165) is 17.9 Å². The first-order valence-electron chi connectivity index (χ1n) is 7.49. The average Bonchev–Trinajstić information content (AvgIpc) is 2.42. The maximum Gasteiger partial charge on any atom is 0.303 e. The maximum atomic E-state index is 10.7. The summed E-state index contributed by atoms with van der Waals surface area (Å²) in [5.74, 6) is 0.150. The Kier molecular flexibility index (Phi) is 6.69. The van der Waals surface area contributed by atoms with Crippen molar-refractivity contribution < 1.29 is 14.6 Å². The number of rotatable bonds is 8. The van der Waals surface area contributed by atoms with Crippen LogP contribution in [0.2, 0.25) is 0 Å². The topological polar surface area (TPSA) is 49.8 Å². The van der Waals surface area contributed by atoms with Gasteiger partial charge in [-0.3, -0.25) is 9.69 Å². The Balaban J connectivity index is 2.92. The summed E-state index contributed by atoms with van der Waals surface area (Å²) in [6.07, 6.45) is 0.868. The van der Waals surface area contributed by atoms with Gasteiger partial charge in [0.15, 0.2) is 0 Å². The summed E-state index contributed by atoms with van der Waals surface area (Å²) in [5.41, 5.74) is 2.36. The van der Waals surface area contributed by atoms with E-state index in [-0.39, 0.29) is 12.5 Å². The number of nitrogens with zero attached hydrogens (tertiary/aromatic N) is 1. The zero-order valence-corrected chi connectivity index (χ0v) is 13.7. The number of hydrogen-bond donors (Lipinski definition) is 1. The van der Waals surface area contributed by atoms with Gasteiger partial charge in [0.2, 0.25) is 0 Å². The third-order valence-electron chi connectivity index (χ3n) is 3.80. The molecule has 0 aromatic heterocycles. The molecule has 4 heteroatoms. The molecular weight excluding hydrogens is 266 g/mol. The summed E-state index contributed by atoms with van der Waals surface area (Å²) in [6, 6.07) is 6.72. The molecule has 118 valence electrons. The van der Waals surface area contributed by atoms with Crippen LogP contribution >= 0.6 is 0 Å². The molecule has 0 spiro atoms. The number of ether oxygens (including phenoxy) is 1. The lowest BCUT2D eigenvalue weighted by Crippen LogP contribution is -2.34. The molecule has 1 N–H and O–H groups in total. The van der Waals surface area contributed by atoms with Crippen LogP contribution in [-0.2, 0) is 4.79 Å². The van der Waals surface area contributed by atoms with Crippen molar-refractivity contribution in [1.82, 2.24) is 4.90 Å². The van der Waals surface area contributed by atoms with Crippen molar-refractivity contribution in [3.05, 3.63) is 29.3 Å². The van der Waals surface area contributed by atoms with Crippen LogP contribution in [0.5, 0.6) is 5.75 Å². The first-order valence-corrected chi connectivity index (χ1v) is 7.49. The first-order chi connectivity index (χ1) is 9.86. The molecule has 0 saturated carbocycles. The fraction of sp³-hybridized carbons (Fsp3) is 0.588. The second kappa shape index (κ2) is 8.03. The predicted octanol–water partition coefficient (Wildman–Crippen LogP) is 3.64. The molecule has 0 amide bonds. The van der Waals surface area contributed by atoms with Crippen LogP contribution in [-0.4, -0.2) is 35.7 Å². The Labute approximate surface area is 127 Å². The summed E-state index contributed by atoms with van der Waals surface area (Å²) in [5, 5.41) is 8.80. The monoisotopic (exact) mass is 293 g/mol. The molecule has 1 aromatic carbocycles. The quantitative estimate of drug-likeness (QED) is 0.795. The van der Waals surface area contributed by atoms with Crippen molar-refractivity contribution in [2.24, 2.45) is 0 Å². The Bertz CT molecular complexity index is 471. The van der Waals surface area contributed by atoms with Gasteiger partial charge >= 0.3 is 5.97 Å². The smallest absolute Gasteiger partial charge is 0.303 e. The highest BCUT2D eigenvalue weighted by Gasteiger charge is 2.21. The van der Waals surface area contributed by atoms with E-state index in [9.17, 15) is 4.79 Å². The van der Waals surface area contributed by atoms with Crippen LogP contribution in [0.1, 0.15) is 50.8 Å². The van der Waals surface area contributed by atoms with Crippen molar-refractivity contribution in [3.63, 3.8) is 0 Å². The molecule has 21 heavy (non-hydrogen) atoms. The largest absolute Gasteiger partial charge is 0.496 e. The molecule has 0 aliphatic carbocycles. The predicted molar refractivity (Wildman–Crippen MR) is 84.9 cm³/mol. The second-order valence-electron chi connectivity index (χ2n) is 5.75. The number of methoxy groups -OCH3 is 1. The third-order valence-corrected chi connectivity index (χ3v) is 3.80. The summed E-state index contributed by atoms with van der Waals surface area (Å²) in [4.78, 5) is 13.0. The van der Waals surface area contributed by atoms with E-state index < -0.39 is 5.97 Å². The molecule has 1 rings (SSSR count). The van der Waals surface area contributed by atoms with Crippen LogP contribution in [0.15, 0.2) is 18.2 Å². The van der Waals surface area contributed by atoms with Gasteiger partial charge in [-0.05, 0) is 46.7 Å². The van der Waals surface area contributed by atoms with E-state index in [2.05, 4.69) is 38.7 Å². The van der Waals surface area contributed by atoms with Gasteiger partial charge in [0, 0.05) is 24.1 Å². The fourth-order valence-corrected chi connectivity index (χ4v) is 2.67. The van der Waals surface area contributed by atoms with E-state index in [4.69, 9.17) is 9.84 Å². The number of benzene rings is 1. The number of carbonyl (C=O) groups is 1. The van der Waals surface area contributed by atoms with Crippen molar-refractivity contribution >= 4 is 5.97 Å². The van der Waals surface area contributed by atoms with Gasteiger partial charge in [-0.25, -0.2) is 0 Å². The summed E-state index contributed by atoms with van der Waals surface area (Å²) < 4.78 is 5.47. The van der Waals surface area contributed by atoms with Crippen LogP contribution in [0.3, 0.4) is 0 Å². The molecule has 1 unspecified atom stereocenters. The molecule has 1 aromatic rings. The molecule has 0 aliphatic rings. The van der Waals surface area contributed by atoms with E-state index in [1.807, 2.05) is 12.1 Å². The second-order valence-corrected chi connectivity index (χ2v) is 5.75. The maximum absolute atomic E-state index is 10.7. The van der Waals surface area contributed by atoms with Gasteiger partial charge in [-0.2, -0.15) is 0 Å². The molecule has 0 fully saturated rings. The zero-order chi connectivity index (χ0) is 16.0. The number of aryl methyl sites for hydroxylation is 1. The van der Waals surface area contributed by atoms with E-state index in [1.165, 1.54) is 5.56 Å². The van der Waals surface area contributed by atoms with Crippen LogP contribution in [0.25, 0.3) is 0 Å². The van der Waals surface area contributed by atoms with Crippen LogP contribution in [0.4, 0.5) is 0 Å². The van der Waals surface area contributed by atoms with Gasteiger partial charge in [0.25, 0.3) is 0 Å². The van der Waals surface area contributed by atoms with Gasteiger partial charge in [-0.15, -0.1) is 0 Å². The normalized spacial score (nSPS) is 12.7. The number of carboxylic acids is 1. The Hall–Kier alpha value is -1.55. The third kappa shape index (κ3) is 5.05. The van der Waals surface area contributed by atoms with E-state index in [1.54, 1.807) is 7.11 Å². The standard InChI is InChI=1S/C17H27NO3/c1-12(2)18(10-6-7-17(19)20)14(4)15-11-13(3)8-9-16(15)21-5/h8-9,11-12,14H,6-7,10H2,1-5H3,(H,19,20). The van der Waals surface area contributed by atoms with Crippen molar-refractivity contribution in [1.29, 1.82) is 0 Å². The number of hydrogen-bond acceptors (Lipinski definition) is 3. The Morgan fingerprint density at radius 1 is 1.33 bits per heavy atom. The van der Waals surface area contributed by atoms with E-state index in [0.29, 0.717) is 12.5 Å². The van der Waals surface area contributed by atoms with Crippen molar-refractivity contribution in [3.8, 4) is 5.75 Å². The highest BCUT2D eigenvalue weighted by Crippen LogP contribution is 2.31. The molecule has 0 radical (unpaired) electrons. The minimum Gasteiger partial charge on any atom is -0.496 e. The lowest BCUT2D eigenvalue weighted by atomic mass is 10.0. The van der Waals surface area contributed by atoms with Crippen molar-refractivity contribution in [2.45, 2.75) is 52.6 Å². The molecule has 0 saturated heterocycles. The zero-order valence-electron chi connectivity index (χ0n) is 13.7. The highest BCUT2D eigenvalue weighted by atomic mass is 16.5. The fourth-order valence-electron chi connectivity index (χ4n) is 2.67. The highest BCUT2D eigenvalue weighted by molar-refractivity contribution is 5.66. The molecule has 0 bridgehead atoms. The Morgan fingerprint density at radius 2 is 2.00 bits per heavy atom. The molecule has 1 atom stereocenters. The SMILES string of the molecule is COc1ccc(C)cc1C(C)N(CCCC(=O)O)C(C)C.